The highest BCUT2D eigenvalue weighted by Crippen LogP contribution is 2.33. The van der Waals surface area contributed by atoms with E-state index in [1.807, 2.05) is 44.2 Å². The van der Waals surface area contributed by atoms with Gasteiger partial charge in [0.2, 0.25) is 0 Å². The number of hydrogen-bond acceptors (Lipinski definition) is 3. The predicted octanol–water partition coefficient (Wildman–Crippen LogP) is 3.92. The Morgan fingerprint density at radius 3 is 2.61 bits per heavy atom. The zero-order valence-corrected chi connectivity index (χ0v) is 15.8. The second kappa shape index (κ2) is 8.05. The van der Waals surface area contributed by atoms with Crippen LogP contribution in [0.25, 0.3) is 4.85 Å². The molecule has 0 saturated heterocycles. The SMILES string of the molecule is [C-]#[N+]c1ccc2c(c1)C(c1ccccc1)=N[C@@H]([C@@H](C)CC)C(=O)N2CC(=O)O. The van der Waals surface area contributed by atoms with Crippen molar-refractivity contribution in [1.29, 1.82) is 0 Å². The summed E-state index contributed by atoms with van der Waals surface area (Å²) in [7, 11) is 0. The number of aliphatic carboxylic acids is 1. The second-order valence-electron chi connectivity index (χ2n) is 6.81. The summed E-state index contributed by atoms with van der Waals surface area (Å²) in [5.74, 6) is -1.49. The van der Waals surface area contributed by atoms with Crippen molar-refractivity contribution in [3.63, 3.8) is 0 Å². The molecule has 0 aromatic heterocycles. The molecule has 6 heteroatoms. The third-order valence-corrected chi connectivity index (χ3v) is 4.97. The number of rotatable bonds is 5. The molecule has 2 atom stereocenters. The molecule has 2 aromatic rings. The summed E-state index contributed by atoms with van der Waals surface area (Å²) in [6.07, 6.45) is 0.729. The molecule has 0 spiro atoms. The van der Waals surface area contributed by atoms with Crippen LogP contribution in [0.3, 0.4) is 0 Å². The molecule has 0 aliphatic carbocycles. The van der Waals surface area contributed by atoms with Crippen molar-refractivity contribution >= 4 is 29.0 Å². The maximum atomic E-state index is 13.3. The number of hydrogen-bond donors (Lipinski definition) is 1. The molecule has 1 amide bonds. The van der Waals surface area contributed by atoms with Crippen molar-refractivity contribution in [2.24, 2.45) is 10.9 Å². The van der Waals surface area contributed by atoms with E-state index in [1.165, 1.54) is 4.90 Å². The van der Waals surface area contributed by atoms with Crippen molar-refractivity contribution in [1.82, 2.24) is 0 Å². The predicted molar refractivity (Wildman–Crippen MR) is 108 cm³/mol. The average molecular weight is 375 g/mol. The molecule has 1 aliphatic heterocycles. The standard InChI is InChI=1S/C22H21N3O3/c1-4-14(2)20-22(28)25(13-19(26)27)18-11-10-16(23-3)12-17(18)21(24-20)15-8-6-5-7-9-15/h5-12,14,20H,4,13H2,1-2H3,(H,26,27)/t14-,20-/m0/s1. The highest BCUT2D eigenvalue weighted by atomic mass is 16.4. The highest BCUT2D eigenvalue weighted by molar-refractivity contribution is 6.21. The van der Waals surface area contributed by atoms with Crippen molar-refractivity contribution in [2.75, 3.05) is 11.4 Å². The molecule has 2 aromatic carbocycles. The van der Waals surface area contributed by atoms with Crippen LogP contribution in [0.15, 0.2) is 53.5 Å². The van der Waals surface area contributed by atoms with Crippen LogP contribution in [0.2, 0.25) is 0 Å². The molecule has 142 valence electrons. The first-order valence-electron chi connectivity index (χ1n) is 9.14. The minimum Gasteiger partial charge on any atom is -0.480 e. The Morgan fingerprint density at radius 2 is 2.00 bits per heavy atom. The number of nitrogens with zero attached hydrogens (tertiary/aromatic N) is 3. The number of carbonyl (C=O) groups excluding carboxylic acids is 1. The fraction of sp³-hybridized carbons (Fsp3) is 0.273. The number of aliphatic imine (C=N–C) groups is 1. The number of carbonyl (C=O) groups is 2. The Kier molecular flexibility index (Phi) is 5.55. The van der Waals surface area contributed by atoms with Crippen LogP contribution in [0.5, 0.6) is 0 Å². The molecular formula is C22H21N3O3. The summed E-state index contributed by atoms with van der Waals surface area (Å²) in [4.78, 5) is 34.3. The number of carboxylic acids is 1. The first-order valence-corrected chi connectivity index (χ1v) is 9.14. The summed E-state index contributed by atoms with van der Waals surface area (Å²) in [5.41, 5.74) is 2.90. The highest BCUT2D eigenvalue weighted by Gasteiger charge is 2.35. The molecule has 0 fully saturated rings. The number of benzodiazepines with no additional fused rings is 1. The Balaban J connectivity index is 2.30. The van der Waals surface area contributed by atoms with Crippen molar-refractivity contribution in [3.8, 4) is 0 Å². The number of carboxylic acid groups (broad SMARTS) is 1. The van der Waals surface area contributed by atoms with Crippen LogP contribution >= 0.6 is 0 Å². The number of anilines is 1. The average Bonchev–Trinajstić information content (AvgIpc) is 2.82. The third kappa shape index (κ3) is 3.65. The van der Waals surface area contributed by atoms with E-state index in [0.29, 0.717) is 22.6 Å². The van der Waals surface area contributed by atoms with E-state index < -0.39 is 18.6 Å². The smallest absolute Gasteiger partial charge is 0.323 e. The molecule has 6 nitrogen and oxygen atoms in total. The van der Waals surface area contributed by atoms with E-state index in [2.05, 4.69) is 4.85 Å². The summed E-state index contributed by atoms with van der Waals surface area (Å²) < 4.78 is 0. The molecule has 0 unspecified atom stereocenters. The Labute approximate surface area is 164 Å². The van der Waals surface area contributed by atoms with Crippen LogP contribution in [-0.4, -0.2) is 35.3 Å². The third-order valence-electron chi connectivity index (χ3n) is 4.97. The minimum absolute atomic E-state index is 0.0582. The lowest BCUT2D eigenvalue weighted by molar-refractivity contribution is -0.136. The molecule has 0 bridgehead atoms. The van der Waals surface area contributed by atoms with Gasteiger partial charge in [-0.05, 0) is 18.1 Å². The summed E-state index contributed by atoms with van der Waals surface area (Å²) >= 11 is 0. The van der Waals surface area contributed by atoms with E-state index in [-0.39, 0.29) is 11.8 Å². The first-order chi connectivity index (χ1) is 13.5. The zero-order valence-electron chi connectivity index (χ0n) is 15.8. The van der Waals surface area contributed by atoms with E-state index in [0.717, 1.165) is 12.0 Å². The summed E-state index contributed by atoms with van der Waals surface area (Å²) in [6.45, 7) is 10.8. The Hall–Kier alpha value is -3.46. The Bertz CT molecular complexity index is 976. The molecular weight excluding hydrogens is 354 g/mol. The number of benzene rings is 2. The lowest BCUT2D eigenvalue weighted by Crippen LogP contribution is -2.43. The summed E-state index contributed by atoms with van der Waals surface area (Å²) in [5, 5.41) is 9.39. The van der Waals surface area contributed by atoms with Gasteiger partial charge in [-0.3, -0.25) is 19.5 Å². The molecule has 0 saturated carbocycles. The quantitative estimate of drug-likeness (QED) is 0.805. The number of fused-ring (bicyclic) bond motifs is 1. The van der Waals surface area contributed by atoms with E-state index >= 15 is 0 Å². The maximum Gasteiger partial charge on any atom is 0.323 e. The van der Waals surface area contributed by atoms with Gasteiger partial charge in [-0.25, -0.2) is 4.85 Å². The first kappa shape index (κ1) is 19.3. The topological polar surface area (TPSA) is 74.3 Å². The van der Waals surface area contributed by atoms with Gasteiger partial charge in [0, 0.05) is 11.1 Å². The zero-order chi connectivity index (χ0) is 20.3. The van der Waals surface area contributed by atoms with Gasteiger partial charge in [0.25, 0.3) is 5.91 Å². The fourth-order valence-corrected chi connectivity index (χ4v) is 3.28. The lowest BCUT2D eigenvalue weighted by atomic mass is 9.97. The van der Waals surface area contributed by atoms with Gasteiger partial charge in [-0.15, -0.1) is 0 Å². The van der Waals surface area contributed by atoms with Gasteiger partial charge in [0.1, 0.15) is 12.6 Å². The van der Waals surface area contributed by atoms with E-state index in [1.54, 1.807) is 18.2 Å². The second-order valence-corrected chi connectivity index (χ2v) is 6.81. The normalized spacial score (nSPS) is 17.2. The van der Waals surface area contributed by atoms with E-state index in [9.17, 15) is 14.7 Å². The molecule has 1 aliphatic rings. The molecule has 1 N–H and O–H groups in total. The molecule has 1 heterocycles. The van der Waals surface area contributed by atoms with Crippen LogP contribution in [0.4, 0.5) is 11.4 Å². The number of amides is 1. The van der Waals surface area contributed by atoms with Gasteiger partial charge in [0.15, 0.2) is 5.69 Å². The van der Waals surface area contributed by atoms with E-state index in [4.69, 9.17) is 11.6 Å². The van der Waals surface area contributed by atoms with Crippen molar-refractivity contribution in [3.05, 3.63) is 71.1 Å². The monoisotopic (exact) mass is 375 g/mol. The fourth-order valence-electron chi connectivity index (χ4n) is 3.28. The van der Waals surface area contributed by atoms with Crippen LogP contribution in [0.1, 0.15) is 31.4 Å². The largest absolute Gasteiger partial charge is 0.480 e. The van der Waals surface area contributed by atoms with Gasteiger partial charge < -0.3 is 5.11 Å². The van der Waals surface area contributed by atoms with Crippen molar-refractivity contribution < 1.29 is 14.7 Å². The summed E-state index contributed by atoms with van der Waals surface area (Å²) in [6, 6.07) is 13.7. The van der Waals surface area contributed by atoms with Gasteiger partial charge >= 0.3 is 5.97 Å². The molecule has 3 rings (SSSR count). The maximum absolute atomic E-state index is 13.3. The minimum atomic E-state index is -1.10. The van der Waals surface area contributed by atoms with Gasteiger partial charge in [-0.1, -0.05) is 56.7 Å². The van der Waals surface area contributed by atoms with Crippen molar-refractivity contribution in [2.45, 2.75) is 26.3 Å². The van der Waals surface area contributed by atoms with Gasteiger partial charge in [0.05, 0.1) is 18.0 Å². The van der Waals surface area contributed by atoms with Gasteiger partial charge in [-0.2, -0.15) is 0 Å². The van der Waals surface area contributed by atoms with Crippen LogP contribution in [-0.2, 0) is 9.59 Å². The molecule has 0 radical (unpaired) electrons. The lowest BCUT2D eigenvalue weighted by Gasteiger charge is -2.25. The van der Waals surface area contributed by atoms with Crippen LogP contribution < -0.4 is 4.90 Å². The Morgan fingerprint density at radius 1 is 1.29 bits per heavy atom. The van der Waals surface area contributed by atoms with Crippen LogP contribution in [0, 0.1) is 12.5 Å². The molecule has 28 heavy (non-hydrogen) atoms.